The van der Waals surface area contributed by atoms with Crippen LogP contribution in [0.2, 0.25) is 0 Å². The van der Waals surface area contributed by atoms with E-state index in [1.54, 1.807) is 10.1 Å². The summed E-state index contributed by atoms with van der Waals surface area (Å²) in [5.74, 6) is 0. The molecule has 0 spiro atoms. The summed E-state index contributed by atoms with van der Waals surface area (Å²) in [5, 5.41) is 0. The molecule has 0 aliphatic rings. The number of hydrogen-bond acceptors (Lipinski definition) is 1. The minimum atomic E-state index is 0. The van der Waals surface area contributed by atoms with Crippen LogP contribution < -0.4 is 0 Å². The normalized spacial score (nSPS) is 1.00. The summed E-state index contributed by atoms with van der Waals surface area (Å²) in [6, 6.07) is 0. The van der Waals surface area contributed by atoms with Crippen LogP contribution in [0.25, 0.3) is 0 Å². The molecule has 0 atom stereocenters. The van der Waals surface area contributed by atoms with E-state index in [2.05, 4.69) is 0 Å². The first-order valence-electron chi connectivity index (χ1n) is 0.204. The van der Waals surface area contributed by atoms with E-state index in [1.807, 2.05) is 0 Å². The van der Waals surface area contributed by atoms with Gasteiger partial charge >= 0.3 is 10.1 Å². The summed E-state index contributed by atoms with van der Waals surface area (Å²) in [4.78, 5) is 0. The molecular formula is LiOSiZn. The Balaban J connectivity index is -0.00000000500. The third kappa shape index (κ3) is 10.6. The van der Waals surface area contributed by atoms with Crippen molar-refractivity contribution in [2.45, 2.75) is 0 Å². The van der Waals surface area contributed by atoms with E-state index in [1.165, 1.54) is 0 Å². The standard InChI is InChI=1S/Li.OSi.Zn/c;1-2;. The molecule has 13 valence electrons. The molecule has 3 radical (unpaired) electrons. The van der Waals surface area contributed by atoms with E-state index in [0.29, 0.717) is 0 Å². The zero-order valence-corrected chi connectivity index (χ0v) is 6.58. The first kappa shape index (κ1) is 18.8. The second-order valence-electron chi connectivity index (χ2n) is 0. The molecule has 0 fully saturated rings. The van der Waals surface area contributed by atoms with Crippen LogP contribution in [-0.2, 0) is 23.9 Å². The van der Waals surface area contributed by atoms with Crippen molar-refractivity contribution in [2.24, 2.45) is 0 Å². The van der Waals surface area contributed by atoms with E-state index in [4.69, 9.17) is 4.46 Å². The van der Waals surface area contributed by atoms with Gasteiger partial charge in [-0.15, -0.1) is 0 Å². The molecule has 0 heterocycles. The van der Waals surface area contributed by atoms with E-state index < -0.39 is 0 Å². The maximum Gasteiger partial charge on any atom is 0.381 e. The number of rotatable bonds is 0. The van der Waals surface area contributed by atoms with Crippen molar-refractivity contribution in [3.8, 4) is 0 Å². The average molecular weight is 116 g/mol. The van der Waals surface area contributed by atoms with E-state index in [9.17, 15) is 0 Å². The van der Waals surface area contributed by atoms with Gasteiger partial charge in [0.25, 0.3) is 0 Å². The first-order valence-corrected chi connectivity index (χ1v) is 0.612. The second kappa shape index (κ2) is 29.0. The van der Waals surface area contributed by atoms with Gasteiger partial charge in [0.05, 0.1) is 0 Å². The molecule has 0 aromatic heterocycles. The molecule has 0 amide bonds. The quantitative estimate of drug-likeness (QED) is 0.376. The molecule has 0 bridgehead atoms. The fraction of sp³-hybridized carbons (Fsp3) is 0. The minimum absolute atomic E-state index is 0. The topological polar surface area (TPSA) is 17.1 Å². The molecular weight excluding hydrogens is 116 g/mol. The van der Waals surface area contributed by atoms with E-state index in [0.717, 1.165) is 0 Å². The third-order valence-electron chi connectivity index (χ3n) is 0. The SMILES string of the molecule is O=[Si].[Li].[Zn]. The minimum Gasteiger partial charge on any atom is -0.381 e. The average Bonchev–Trinajstić information content (AvgIpc) is 1.00. The Labute approximate surface area is 53.0 Å². The van der Waals surface area contributed by atoms with Crippen molar-refractivity contribution in [3.63, 3.8) is 0 Å². The predicted molar refractivity (Wildman–Crippen MR) is 12.2 cm³/mol. The fourth-order valence-electron chi connectivity index (χ4n) is 0. The van der Waals surface area contributed by atoms with Gasteiger partial charge in [0.1, 0.15) is 0 Å². The Morgan fingerprint density at radius 2 is 1.25 bits per heavy atom. The summed E-state index contributed by atoms with van der Waals surface area (Å²) in [7, 11) is 1.72. The summed E-state index contributed by atoms with van der Waals surface area (Å²) in [6.45, 7) is 0. The van der Waals surface area contributed by atoms with Crippen LogP contribution in [0.15, 0.2) is 0 Å². The molecule has 4 heteroatoms. The van der Waals surface area contributed by atoms with Gasteiger partial charge < -0.3 is 4.46 Å². The first-order chi connectivity index (χ1) is 1.00. The summed E-state index contributed by atoms with van der Waals surface area (Å²) < 4.78 is 8.06. The van der Waals surface area contributed by atoms with Gasteiger partial charge in [0, 0.05) is 38.3 Å². The van der Waals surface area contributed by atoms with Crippen molar-refractivity contribution in [3.05, 3.63) is 0 Å². The Bertz CT molecular complexity index is 8.00. The monoisotopic (exact) mass is 115 g/mol. The molecule has 0 aromatic carbocycles. The van der Waals surface area contributed by atoms with Gasteiger partial charge in [-0.1, -0.05) is 0 Å². The molecule has 0 aliphatic carbocycles. The zero-order valence-electron chi connectivity index (χ0n) is 2.62. The van der Waals surface area contributed by atoms with Crippen LogP contribution in [0.1, 0.15) is 0 Å². The van der Waals surface area contributed by atoms with Crippen LogP contribution >= 0.6 is 0 Å². The van der Waals surface area contributed by atoms with E-state index in [-0.39, 0.29) is 38.3 Å². The number of hydrogen-bond donors (Lipinski definition) is 0. The van der Waals surface area contributed by atoms with Gasteiger partial charge in [-0.2, -0.15) is 0 Å². The maximum atomic E-state index is 8.06. The Morgan fingerprint density at radius 3 is 1.25 bits per heavy atom. The second-order valence-corrected chi connectivity index (χ2v) is 0. The van der Waals surface area contributed by atoms with Crippen LogP contribution in [0.4, 0.5) is 0 Å². The Morgan fingerprint density at radius 1 is 1.25 bits per heavy atom. The van der Waals surface area contributed by atoms with Gasteiger partial charge in [-0.3, -0.25) is 0 Å². The van der Waals surface area contributed by atoms with E-state index >= 15 is 0 Å². The zero-order chi connectivity index (χ0) is 2.00. The van der Waals surface area contributed by atoms with Crippen molar-refractivity contribution in [1.29, 1.82) is 0 Å². The molecule has 4 heavy (non-hydrogen) atoms. The van der Waals surface area contributed by atoms with Crippen molar-refractivity contribution >= 4 is 29.0 Å². The molecule has 0 saturated heterocycles. The Kier molecular flexibility index (Phi) is 136. The van der Waals surface area contributed by atoms with Crippen LogP contribution in [-0.4, -0.2) is 29.0 Å². The summed E-state index contributed by atoms with van der Waals surface area (Å²) in [6.07, 6.45) is 0. The maximum absolute atomic E-state index is 8.06. The van der Waals surface area contributed by atoms with Crippen LogP contribution in [0.3, 0.4) is 0 Å². The molecule has 0 unspecified atom stereocenters. The van der Waals surface area contributed by atoms with Crippen molar-refractivity contribution in [2.75, 3.05) is 0 Å². The van der Waals surface area contributed by atoms with Gasteiger partial charge in [-0.05, 0) is 0 Å². The molecule has 0 N–H and O–H groups in total. The third-order valence-corrected chi connectivity index (χ3v) is 0. The van der Waals surface area contributed by atoms with Crippen LogP contribution in [0, 0.1) is 0 Å². The molecule has 0 aliphatic heterocycles. The van der Waals surface area contributed by atoms with Gasteiger partial charge in [0.15, 0.2) is 0 Å². The summed E-state index contributed by atoms with van der Waals surface area (Å²) in [5.41, 5.74) is 0. The largest absolute Gasteiger partial charge is 0.381 e. The molecule has 0 rings (SSSR count). The molecule has 0 aromatic rings. The van der Waals surface area contributed by atoms with Crippen molar-refractivity contribution in [1.82, 2.24) is 0 Å². The predicted octanol–water partition coefficient (Wildman–Crippen LogP) is -0.883. The molecule has 1 nitrogen and oxygen atoms in total. The fourth-order valence-corrected chi connectivity index (χ4v) is 0. The van der Waals surface area contributed by atoms with Gasteiger partial charge in [-0.25, -0.2) is 0 Å². The summed E-state index contributed by atoms with van der Waals surface area (Å²) >= 11 is 0. The van der Waals surface area contributed by atoms with Crippen LogP contribution in [0.5, 0.6) is 0 Å². The molecule has 0 saturated carbocycles. The van der Waals surface area contributed by atoms with Gasteiger partial charge in [0.2, 0.25) is 0 Å². The smallest absolute Gasteiger partial charge is 0.381 e. The Hall–Kier alpha value is 1.24. The van der Waals surface area contributed by atoms with Crippen molar-refractivity contribution < 1.29 is 23.9 Å².